The van der Waals surface area contributed by atoms with Gasteiger partial charge in [0.25, 0.3) is 0 Å². The van der Waals surface area contributed by atoms with Gasteiger partial charge in [0.2, 0.25) is 0 Å². The lowest BCUT2D eigenvalue weighted by molar-refractivity contribution is 0.585. The molecule has 1 heterocycles. The summed E-state index contributed by atoms with van der Waals surface area (Å²) in [5, 5.41) is 4.13. The van der Waals surface area contributed by atoms with Crippen molar-refractivity contribution >= 4 is 17.4 Å². The molecule has 2 N–H and O–H groups in total. The van der Waals surface area contributed by atoms with Gasteiger partial charge in [0.1, 0.15) is 28.2 Å². The molecule has 0 fully saturated rings. The van der Waals surface area contributed by atoms with E-state index in [9.17, 15) is 8.78 Å². The first-order valence-corrected chi connectivity index (χ1v) is 4.82. The van der Waals surface area contributed by atoms with Crippen molar-refractivity contribution in [1.82, 2.24) is 9.78 Å². The van der Waals surface area contributed by atoms with Crippen molar-refractivity contribution < 1.29 is 8.78 Å². The highest BCUT2D eigenvalue weighted by Crippen LogP contribution is 2.32. The Kier molecular flexibility index (Phi) is 2.55. The van der Waals surface area contributed by atoms with Crippen LogP contribution in [0.3, 0.4) is 0 Å². The summed E-state index contributed by atoms with van der Waals surface area (Å²) in [5.41, 5.74) is 5.92. The first-order valence-electron chi connectivity index (χ1n) is 4.44. The minimum Gasteiger partial charge on any atom is -0.383 e. The molecule has 0 saturated carbocycles. The molecule has 0 aliphatic rings. The van der Waals surface area contributed by atoms with Gasteiger partial charge >= 0.3 is 0 Å². The van der Waals surface area contributed by atoms with Crippen LogP contribution in [0.4, 0.5) is 14.6 Å². The van der Waals surface area contributed by atoms with E-state index in [-0.39, 0.29) is 22.1 Å². The maximum absolute atomic E-state index is 13.5. The van der Waals surface area contributed by atoms with Crippen LogP contribution in [0.15, 0.2) is 18.2 Å². The van der Waals surface area contributed by atoms with Gasteiger partial charge in [0.15, 0.2) is 0 Å². The summed E-state index contributed by atoms with van der Waals surface area (Å²) in [6, 6.07) is 3.19. The molecule has 0 radical (unpaired) electrons. The highest BCUT2D eigenvalue weighted by atomic mass is 35.5. The number of nitrogen functional groups attached to an aromatic ring is 1. The van der Waals surface area contributed by atoms with Crippen LogP contribution in [0, 0.1) is 11.6 Å². The van der Waals surface area contributed by atoms with Crippen LogP contribution in [0.2, 0.25) is 5.02 Å². The normalized spacial score (nSPS) is 10.8. The van der Waals surface area contributed by atoms with Gasteiger partial charge in [-0.3, -0.25) is 4.68 Å². The maximum Gasteiger partial charge on any atom is 0.140 e. The summed E-state index contributed by atoms with van der Waals surface area (Å²) in [6.45, 7) is 0. The minimum absolute atomic E-state index is 0.124. The number of hydrogen-bond acceptors (Lipinski definition) is 2. The van der Waals surface area contributed by atoms with E-state index in [1.54, 1.807) is 7.05 Å². The number of halogens is 3. The lowest BCUT2D eigenvalue weighted by Crippen LogP contribution is -1.97. The molecule has 2 rings (SSSR count). The summed E-state index contributed by atoms with van der Waals surface area (Å²) >= 11 is 5.89. The predicted molar refractivity (Wildman–Crippen MR) is 58.0 cm³/mol. The molecule has 0 atom stereocenters. The van der Waals surface area contributed by atoms with E-state index < -0.39 is 11.6 Å². The van der Waals surface area contributed by atoms with Crippen LogP contribution in [0.25, 0.3) is 11.3 Å². The number of hydrogen-bond donors (Lipinski definition) is 1. The largest absolute Gasteiger partial charge is 0.383 e. The monoisotopic (exact) mass is 243 g/mol. The molecule has 3 nitrogen and oxygen atoms in total. The zero-order chi connectivity index (χ0) is 11.9. The summed E-state index contributed by atoms with van der Waals surface area (Å²) in [6.07, 6.45) is 0. The third-order valence-corrected chi connectivity index (χ3v) is 2.59. The number of benzene rings is 1. The molecule has 0 amide bonds. The van der Waals surface area contributed by atoms with Crippen molar-refractivity contribution in [3.8, 4) is 11.3 Å². The summed E-state index contributed by atoms with van der Waals surface area (Å²) < 4.78 is 27.5. The van der Waals surface area contributed by atoms with Crippen molar-refractivity contribution in [1.29, 1.82) is 0 Å². The highest BCUT2D eigenvalue weighted by molar-refractivity contribution is 6.35. The molecule has 0 unspecified atom stereocenters. The molecule has 0 saturated heterocycles. The Labute approximate surface area is 95.4 Å². The van der Waals surface area contributed by atoms with Crippen LogP contribution in [-0.4, -0.2) is 9.78 Å². The predicted octanol–water partition coefficient (Wildman–Crippen LogP) is 2.60. The van der Waals surface area contributed by atoms with Gasteiger partial charge in [-0.15, -0.1) is 0 Å². The molecular weight excluding hydrogens is 236 g/mol. The summed E-state index contributed by atoms with van der Waals surface area (Å²) in [7, 11) is 1.59. The zero-order valence-corrected chi connectivity index (χ0v) is 9.09. The topological polar surface area (TPSA) is 43.8 Å². The first kappa shape index (κ1) is 10.9. The maximum atomic E-state index is 13.5. The Bertz CT molecular complexity index is 551. The second kappa shape index (κ2) is 3.75. The average molecular weight is 244 g/mol. The van der Waals surface area contributed by atoms with Crippen LogP contribution in [0.1, 0.15) is 0 Å². The van der Waals surface area contributed by atoms with Crippen molar-refractivity contribution in [3.63, 3.8) is 0 Å². The molecule has 0 aliphatic carbocycles. The van der Waals surface area contributed by atoms with Gasteiger partial charge in [0.05, 0.1) is 0 Å². The summed E-state index contributed by atoms with van der Waals surface area (Å²) in [4.78, 5) is 0. The van der Waals surface area contributed by atoms with E-state index in [0.29, 0.717) is 0 Å². The Hall–Kier alpha value is -1.62. The van der Waals surface area contributed by atoms with E-state index in [2.05, 4.69) is 5.10 Å². The third kappa shape index (κ3) is 1.63. The molecule has 6 heteroatoms. The van der Waals surface area contributed by atoms with Gasteiger partial charge < -0.3 is 5.73 Å². The fourth-order valence-electron chi connectivity index (χ4n) is 1.36. The van der Waals surface area contributed by atoms with E-state index in [0.717, 1.165) is 12.1 Å². The van der Waals surface area contributed by atoms with Gasteiger partial charge in [-0.2, -0.15) is 5.10 Å². The lowest BCUT2D eigenvalue weighted by Gasteiger charge is -1.99. The second-order valence-corrected chi connectivity index (χ2v) is 3.67. The van der Waals surface area contributed by atoms with Gasteiger partial charge in [-0.25, -0.2) is 8.78 Å². The van der Waals surface area contributed by atoms with E-state index in [4.69, 9.17) is 17.3 Å². The number of nitrogens with zero attached hydrogens (tertiary/aromatic N) is 2. The van der Waals surface area contributed by atoms with Crippen LogP contribution in [0.5, 0.6) is 0 Å². The molecular formula is C10H8ClF2N3. The van der Waals surface area contributed by atoms with Crippen molar-refractivity contribution in [3.05, 3.63) is 34.9 Å². The number of nitrogens with two attached hydrogens (primary N) is 1. The lowest BCUT2D eigenvalue weighted by atomic mass is 10.1. The molecule has 2 aromatic rings. The van der Waals surface area contributed by atoms with Crippen LogP contribution >= 0.6 is 11.6 Å². The smallest absolute Gasteiger partial charge is 0.140 e. The standard InChI is InChI=1S/C10H8ClF2N3/c1-16-10(14)8(11)9(15-16)6-3-2-5(12)4-7(6)13/h2-4H,14H2,1H3. The molecule has 1 aromatic heterocycles. The van der Waals surface area contributed by atoms with E-state index in [1.165, 1.54) is 10.7 Å². The van der Waals surface area contributed by atoms with Crippen LogP contribution in [-0.2, 0) is 7.05 Å². The molecule has 84 valence electrons. The Morgan fingerprint density at radius 1 is 1.38 bits per heavy atom. The number of aryl methyl sites for hydroxylation is 1. The molecule has 0 spiro atoms. The molecule has 0 bridgehead atoms. The highest BCUT2D eigenvalue weighted by Gasteiger charge is 2.16. The Morgan fingerprint density at radius 2 is 2.06 bits per heavy atom. The van der Waals surface area contributed by atoms with Gasteiger partial charge in [-0.1, -0.05) is 11.6 Å². The fraction of sp³-hybridized carbons (Fsp3) is 0.100. The average Bonchev–Trinajstić information content (AvgIpc) is 2.46. The second-order valence-electron chi connectivity index (χ2n) is 3.30. The van der Waals surface area contributed by atoms with Gasteiger partial charge in [-0.05, 0) is 12.1 Å². The quantitative estimate of drug-likeness (QED) is 0.837. The summed E-state index contributed by atoms with van der Waals surface area (Å²) in [5.74, 6) is -1.14. The van der Waals surface area contributed by atoms with E-state index in [1.807, 2.05) is 0 Å². The SMILES string of the molecule is Cn1nc(-c2ccc(F)cc2F)c(Cl)c1N. The van der Waals surface area contributed by atoms with Gasteiger partial charge in [0, 0.05) is 18.7 Å². The minimum atomic E-state index is -0.722. The van der Waals surface area contributed by atoms with Crippen LogP contribution < -0.4 is 5.73 Å². The zero-order valence-electron chi connectivity index (χ0n) is 8.34. The number of aromatic nitrogens is 2. The fourth-order valence-corrected chi connectivity index (χ4v) is 1.63. The molecule has 1 aromatic carbocycles. The molecule has 16 heavy (non-hydrogen) atoms. The Balaban J connectivity index is 2.63. The molecule has 0 aliphatic heterocycles. The first-order chi connectivity index (χ1) is 7.50. The Morgan fingerprint density at radius 3 is 2.56 bits per heavy atom. The van der Waals surface area contributed by atoms with E-state index >= 15 is 0 Å². The van der Waals surface area contributed by atoms with Crippen molar-refractivity contribution in [2.75, 3.05) is 5.73 Å². The van der Waals surface area contributed by atoms with Crippen molar-refractivity contribution in [2.45, 2.75) is 0 Å². The third-order valence-electron chi connectivity index (χ3n) is 2.22. The number of anilines is 1. The number of rotatable bonds is 1. The van der Waals surface area contributed by atoms with Crippen molar-refractivity contribution in [2.24, 2.45) is 7.05 Å².